The lowest BCUT2D eigenvalue weighted by molar-refractivity contribution is 0.0571. The van der Waals surface area contributed by atoms with Gasteiger partial charge in [-0.05, 0) is 45.9 Å². The third-order valence-electron chi connectivity index (χ3n) is 5.76. The van der Waals surface area contributed by atoms with Crippen molar-refractivity contribution in [2.24, 2.45) is 0 Å². The predicted octanol–water partition coefficient (Wildman–Crippen LogP) is 4.45. The fraction of sp³-hybridized carbons (Fsp3) is 0.259. The van der Waals surface area contributed by atoms with E-state index in [0.29, 0.717) is 17.7 Å². The maximum absolute atomic E-state index is 13.6. The predicted molar refractivity (Wildman–Crippen MR) is 133 cm³/mol. The molecule has 0 heterocycles. The summed E-state index contributed by atoms with van der Waals surface area (Å²) < 4.78 is 28.2. The van der Waals surface area contributed by atoms with Crippen LogP contribution in [-0.2, 0) is 10.0 Å². The second kappa shape index (κ2) is 10.3. The number of benzene rings is 3. The molecule has 1 amide bonds. The third kappa shape index (κ3) is 5.61. The molecule has 0 aromatic heterocycles. The van der Waals surface area contributed by atoms with E-state index >= 15 is 0 Å². The lowest BCUT2D eigenvalue weighted by Crippen LogP contribution is -2.54. The molecule has 1 N–H and O–H groups in total. The third-order valence-corrected chi connectivity index (χ3v) is 7.17. The van der Waals surface area contributed by atoms with Gasteiger partial charge in [-0.15, -0.1) is 0 Å². The summed E-state index contributed by atoms with van der Waals surface area (Å²) in [6, 6.07) is 22.1. The van der Waals surface area contributed by atoms with E-state index < -0.39 is 15.6 Å². The first-order valence-electron chi connectivity index (χ1n) is 11.1. The molecule has 0 saturated heterocycles. The molecule has 0 atom stereocenters. The highest BCUT2D eigenvalue weighted by molar-refractivity contribution is 7.89. The number of nitrogens with one attached hydrogen (secondary N) is 1. The number of hydrogen-bond acceptors (Lipinski definition) is 4. The Morgan fingerprint density at radius 1 is 0.853 bits per heavy atom. The van der Waals surface area contributed by atoms with E-state index in [1.54, 1.807) is 91.5 Å². The lowest BCUT2D eigenvalue weighted by Gasteiger charge is -2.38. The summed E-state index contributed by atoms with van der Waals surface area (Å²) in [5, 5.41) is 0. The first kappa shape index (κ1) is 25.3. The smallest absolute Gasteiger partial charge is 0.255 e. The molecular formula is C27H30N2O4S. The molecule has 34 heavy (non-hydrogen) atoms. The minimum atomic E-state index is -3.74. The van der Waals surface area contributed by atoms with E-state index in [2.05, 4.69) is 4.72 Å². The first-order chi connectivity index (χ1) is 16.1. The Morgan fingerprint density at radius 3 is 2.00 bits per heavy atom. The lowest BCUT2D eigenvalue weighted by atomic mass is 9.95. The molecule has 3 rings (SSSR count). The van der Waals surface area contributed by atoms with Crippen molar-refractivity contribution < 1.29 is 18.0 Å². The van der Waals surface area contributed by atoms with Crippen LogP contribution in [0.3, 0.4) is 0 Å². The molecule has 0 fully saturated rings. The van der Waals surface area contributed by atoms with Crippen molar-refractivity contribution in [2.75, 3.05) is 13.1 Å². The van der Waals surface area contributed by atoms with Crippen LogP contribution in [0.2, 0.25) is 0 Å². The van der Waals surface area contributed by atoms with Crippen molar-refractivity contribution >= 4 is 21.7 Å². The van der Waals surface area contributed by atoms with E-state index in [1.807, 2.05) is 19.9 Å². The monoisotopic (exact) mass is 478 g/mol. The molecule has 0 aliphatic rings. The molecule has 0 aliphatic heterocycles. The number of rotatable bonds is 9. The highest BCUT2D eigenvalue weighted by Gasteiger charge is 2.33. The van der Waals surface area contributed by atoms with Gasteiger partial charge in [-0.1, -0.05) is 66.2 Å². The summed E-state index contributed by atoms with van der Waals surface area (Å²) >= 11 is 0. The van der Waals surface area contributed by atoms with Crippen LogP contribution in [0.5, 0.6) is 0 Å². The van der Waals surface area contributed by atoms with Crippen molar-refractivity contribution in [1.29, 1.82) is 0 Å². The Morgan fingerprint density at radius 2 is 1.41 bits per heavy atom. The van der Waals surface area contributed by atoms with E-state index in [0.717, 1.165) is 5.56 Å². The number of likely N-dealkylation sites (N-methyl/N-ethyl adjacent to an activating group) is 1. The average molecular weight is 479 g/mol. The number of amides is 1. The van der Waals surface area contributed by atoms with Crippen molar-refractivity contribution in [1.82, 2.24) is 9.62 Å². The number of ketones is 1. The van der Waals surface area contributed by atoms with E-state index in [4.69, 9.17) is 0 Å². The average Bonchev–Trinajstić information content (AvgIpc) is 2.83. The van der Waals surface area contributed by atoms with Crippen molar-refractivity contribution in [3.63, 3.8) is 0 Å². The van der Waals surface area contributed by atoms with Crippen LogP contribution in [-0.4, -0.2) is 43.6 Å². The molecular weight excluding hydrogens is 448 g/mol. The van der Waals surface area contributed by atoms with Crippen LogP contribution >= 0.6 is 0 Å². The van der Waals surface area contributed by atoms with Gasteiger partial charge in [0.1, 0.15) is 0 Å². The van der Waals surface area contributed by atoms with Crippen LogP contribution in [0, 0.1) is 6.92 Å². The fourth-order valence-electron chi connectivity index (χ4n) is 3.77. The van der Waals surface area contributed by atoms with E-state index in [1.165, 1.54) is 0 Å². The zero-order valence-electron chi connectivity index (χ0n) is 19.9. The van der Waals surface area contributed by atoms with Gasteiger partial charge in [0.25, 0.3) is 5.91 Å². The molecule has 0 unspecified atom stereocenters. The second-order valence-corrected chi connectivity index (χ2v) is 10.5. The zero-order valence-corrected chi connectivity index (χ0v) is 20.7. The maximum atomic E-state index is 13.6. The van der Waals surface area contributed by atoms with Gasteiger partial charge >= 0.3 is 0 Å². The summed E-state index contributed by atoms with van der Waals surface area (Å²) in [4.78, 5) is 28.5. The van der Waals surface area contributed by atoms with Gasteiger partial charge in [0.05, 0.1) is 16.0 Å². The Balaban J connectivity index is 1.85. The minimum absolute atomic E-state index is 0.0115. The molecule has 0 bridgehead atoms. The number of hydrogen-bond donors (Lipinski definition) is 1. The van der Waals surface area contributed by atoms with Crippen LogP contribution in [0.4, 0.5) is 0 Å². The largest absolute Gasteiger partial charge is 0.332 e. The molecule has 0 saturated carbocycles. The SMILES string of the molecule is CCN(C(=O)c1ccccc1C(=O)c1ccccc1)C(C)(C)CNS(=O)(=O)c1ccc(C)cc1. The normalized spacial score (nSPS) is 11.8. The summed E-state index contributed by atoms with van der Waals surface area (Å²) in [7, 11) is -3.74. The highest BCUT2D eigenvalue weighted by atomic mass is 32.2. The molecule has 3 aromatic carbocycles. The van der Waals surface area contributed by atoms with Gasteiger partial charge in [0, 0.05) is 24.2 Å². The summed E-state index contributed by atoms with van der Waals surface area (Å²) in [6.45, 7) is 7.67. The van der Waals surface area contributed by atoms with Crippen molar-refractivity contribution in [3.05, 3.63) is 101 Å². The van der Waals surface area contributed by atoms with Crippen molar-refractivity contribution in [2.45, 2.75) is 38.1 Å². The number of aryl methyl sites for hydroxylation is 1. The number of carbonyl (C=O) groups is 2. The second-order valence-electron chi connectivity index (χ2n) is 8.74. The van der Waals surface area contributed by atoms with Gasteiger partial charge in [-0.2, -0.15) is 0 Å². The van der Waals surface area contributed by atoms with Crippen LogP contribution < -0.4 is 4.72 Å². The topological polar surface area (TPSA) is 83.6 Å². The quantitative estimate of drug-likeness (QED) is 0.461. The number of sulfonamides is 1. The molecule has 6 nitrogen and oxygen atoms in total. The molecule has 7 heteroatoms. The number of nitrogens with zero attached hydrogens (tertiary/aromatic N) is 1. The maximum Gasteiger partial charge on any atom is 0.255 e. The van der Waals surface area contributed by atoms with Gasteiger partial charge in [-0.3, -0.25) is 9.59 Å². The molecule has 0 aliphatic carbocycles. The van der Waals surface area contributed by atoms with Crippen molar-refractivity contribution in [3.8, 4) is 0 Å². The Bertz CT molecular complexity index is 1270. The Labute approximate surface area is 201 Å². The minimum Gasteiger partial charge on any atom is -0.332 e. The first-order valence-corrected chi connectivity index (χ1v) is 12.6. The van der Waals surface area contributed by atoms with Gasteiger partial charge in [-0.25, -0.2) is 13.1 Å². The molecule has 0 radical (unpaired) electrons. The van der Waals surface area contributed by atoms with Crippen LogP contribution in [0.1, 0.15) is 52.6 Å². The highest BCUT2D eigenvalue weighted by Crippen LogP contribution is 2.22. The molecule has 3 aromatic rings. The summed E-state index contributed by atoms with van der Waals surface area (Å²) in [6.07, 6.45) is 0. The summed E-state index contributed by atoms with van der Waals surface area (Å²) in [5.74, 6) is -0.569. The van der Waals surface area contributed by atoms with Crippen LogP contribution in [0.25, 0.3) is 0 Å². The van der Waals surface area contributed by atoms with Gasteiger partial charge in [0.2, 0.25) is 10.0 Å². The molecule has 0 spiro atoms. The van der Waals surface area contributed by atoms with Gasteiger partial charge in [0.15, 0.2) is 5.78 Å². The van der Waals surface area contributed by atoms with E-state index in [9.17, 15) is 18.0 Å². The van der Waals surface area contributed by atoms with Gasteiger partial charge < -0.3 is 4.90 Å². The van der Waals surface area contributed by atoms with Crippen LogP contribution in [0.15, 0.2) is 83.8 Å². The Kier molecular flexibility index (Phi) is 7.69. The zero-order chi connectivity index (χ0) is 24.9. The number of carbonyl (C=O) groups excluding carboxylic acids is 2. The Hall–Kier alpha value is -3.29. The standard InChI is InChI=1S/C27H30N2O4S/c1-5-29(27(3,4)19-28-34(32,33)22-17-15-20(2)16-18-22)26(31)24-14-10-9-13-23(24)25(30)21-11-7-6-8-12-21/h6-18,28H,5,19H2,1-4H3. The fourth-order valence-corrected chi connectivity index (χ4v) is 4.98. The van der Waals surface area contributed by atoms with E-state index in [-0.39, 0.29) is 28.7 Å². The molecule has 178 valence electrons. The summed E-state index contributed by atoms with van der Waals surface area (Å²) in [5.41, 5.74) is 1.20.